The minimum atomic E-state index is -0.0334. The molecule has 0 bridgehead atoms. The van der Waals surface area contributed by atoms with Gasteiger partial charge >= 0.3 is 0 Å². The molecule has 24 heavy (non-hydrogen) atoms. The topological polar surface area (TPSA) is 128 Å². The van der Waals surface area contributed by atoms with E-state index in [1.54, 1.807) is 0 Å². The summed E-state index contributed by atoms with van der Waals surface area (Å²) in [6.45, 7) is 7.45. The number of carbonyl (C=O) groups excluding carboxylic acids is 1. The normalized spacial score (nSPS) is 12.9. The Kier molecular flexibility index (Phi) is 16.8. The molecule has 0 amide bonds. The molecule has 0 aromatic rings. The van der Waals surface area contributed by atoms with E-state index in [9.17, 15) is 4.79 Å². The van der Waals surface area contributed by atoms with Gasteiger partial charge < -0.3 is 32.6 Å². The molecule has 0 rings (SSSR count). The van der Waals surface area contributed by atoms with Crippen LogP contribution in [0.2, 0.25) is 0 Å². The van der Waals surface area contributed by atoms with Gasteiger partial charge in [0.15, 0.2) is 0 Å². The molecule has 144 valence electrons. The fourth-order valence-electron chi connectivity index (χ4n) is 2.86. The van der Waals surface area contributed by atoms with E-state index in [2.05, 4.69) is 9.80 Å². The van der Waals surface area contributed by atoms with E-state index >= 15 is 0 Å². The van der Waals surface area contributed by atoms with Crippen molar-refractivity contribution in [1.82, 2.24) is 9.80 Å². The molecule has 0 saturated carbocycles. The van der Waals surface area contributed by atoms with Crippen molar-refractivity contribution in [2.24, 2.45) is 22.9 Å². The van der Waals surface area contributed by atoms with Crippen LogP contribution in [0.5, 0.6) is 0 Å². The van der Waals surface area contributed by atoms with Crippen molar-refractivity contribution < 1.29 is 4.79 Å². The van der Waals surface area contributed by atoms with Crippen LogP contribution in [-0.2, 0) is 4.79 Å². The zero-order chi connectivity index (χ0) is 18.0. The van der Waals surface area contributed by atoms with Crippen molar-refractivity contribution in [2.45, 2.75) is 44.6 Å². The van der Waals surface area contributed by atoms with Crippen LogP contribution in [0, 0.1) is 0 Å². The summed E-state index contributed by atoms with van der Waals surface area (Å²) in [6.07, 6.45) is 6.78. The molecule has 0 aromatic heterocycles. The number of carbonyl (C=O) groups is 1. The molecule has 8 N–H and O–H groups in total. The van der Waals surface area contributed by atoms with Crippen LogP contribution < -0.4 is 22.9 Å². The van der Waals surface area contributed by atoms with Crippen molar-refractivity contribution in [3.8, 4) is 0 Å². The standard InChI is InChI=1S/C17H40N6O/c18-7-2-12-22(13-3-8-19)11-1-6-17(16-24)23(14-4-9-20)15-5-10-21/h16-17H,1-15,18-21H2. The third-order valence-corrected chi connectivity index (χ3v) is 4.26. The van der Waals surface area contributed by atoms with E-state index in [0.717, 1.165) is 77.5 Å². The lowest BCUT2D eigenvalue weighted by atomic mass is 10.1. The van der Waals surface area contributed by atoms with Crippen LogP contribution in [0.15, 0.2) is 0 Å². The lowest BCUT2D eigenvalue weighted by Gasteiger charge is -2.29. The average Bonchev–Trinajstić information content (AvgIpc) is 2.61. The smallest absolute Gasteiger partial charge is 0.137 e. The SMILES string of the molecule is NCCCN(CCCN)CCCC(C=O)N(CCCN)CCCN. The van der Waals surface area contributed by atoms with Crippen molar-refractivity contribution >= 4 is 6.29 Å². The molecule has 0 aromatic carbocycles. The third-order valence-electron chi connectivity index (χ3n) is 4.26. The van der Waals surface area contributed by atoms with Crippen molar-refractivity contribution in [3.63, 3.8) is 0 Å². The zero-order valence-corrected chi connectivity index (χ0v) is 15.4. The van der Waals surface area contributed by atoms with Crippen LogP contribution in [0.3, 0.4) is 0 Å². The first-order valence-electron chi connectivity index (χ1n) is 9.45. The number of rotatable bonds is 18. The number of aldehydes is 1. The lowest BCUT2D eigenvalue weighted by molar-refractivity contribution is -0.112. The van der Waals surface area contributed by atoms with Gasteiger partial charge in [-0.25, -0.2) is 0 Å². The van der Waals surface area contributed by atoms with Crippen LogP contribution >= 0.6 is 0 Å². The maximum atomic E-state index is 11.5. The molecule has 0 saturated heterocycles. The van der Waals surface area contributed by atoms with Crippen LogP contribution in [0.1, 0.15) is 38.5 Å². The molecule has 0 aliphatic carbocycles. The summed E-state index contributed by atoms with van der Waals surface area (Å²) in [5.74, 6) is 0. The van der Waals surface area contributed by atoms with E-state index in [0.29, 0.717) is 26.2 Å². The molecule has 0 radical (unpaired) electrons. The Labute approximate surface area is 148 Å². The van der Waals surface area contributed by atoms with Gasteiger partial charge in [0.05, 0.1) is 6.04 Å². The predicted molar refractivity (Wildman–Crippen MR) is 102 cm³/mol. The molecule has 0 aliphatic rings. The van der Waals surface area contributed by atoms with Crippen LogP contribution in [0.4, 0.5) is 0 Å². The summed E-state index contributed by atoms with van der Waals surface area (Å²) in [7, 11) is 0. The number of nitrogens with zero attached hydrogens (tertiary/aromatic N) is 2. The fourth-order valence-corrected chi connectivity index (χ4v) is 2.86. The van der Waals surface area contributed by atoms with Gasteiger partial charge in [0.1, 0.15) is 6.29 Å². The van der Waals surface area contributed by atoms with E-state index in [1.807, 2.05) is 0 Å². The number of nitrogens with two attached hydrogens (primary N) is 4. The molecule has 0 heterocycles. The Balaban J connectivity index is 4.34. The zero-order valence-electron chi connectivity index (χ0n) is 15.4. The second kappa shape index (κ2) is 17.3. The quantitative estimate of drug-likeness (QED) is 0.243. The number of hydrogen-bond acceptors (Lipinski definition) is 7. The van der Waals surface area contributed by atoms with Gasteiger partial charge in [-0.15, -0.1) is 0 Å². The molecule has 0 fully saturated rings. The van der Waals surface area contributed by atoms with Crippen LogP contribution in [0.25, 0.3) is 0 Å². The first-order valence-corrected chi connectivity index (χ1v) is 9.45. The van der Waals surface area contributed by atoms with E-state index in [4.69, 9.17) is 22.9 Å². The molecule has 7 heteroatoms. The van der Waals surface area contributed by atoms with Gasteiger partial charge in [0.25, 0.3) is 0 Å². The summed E-state index contributed by atoms with van der Waals surface area (Å²) < 4.78 is 0. The third kappa shape index (κ3) is 11.9. The maximum Gasteiger partial charge on any atom is 0.137 e. The highest BCUT2D eigenvalue weighted by atomic mass is 16.1. The molecular weight excluding hydrogens is 304 g/mol. The second-order valence-electron chi connectivity index (χ2n) is 6.29. The maximum absolute atomic E-state index is 11.5. The summed E-state index contributed by atoms with van der Waals surface area (Å²) in [6, 6.07) is -0.0334. The summed E-state index contributed by atoms with van der Waals surface area (Å²) in [4.78, 5) is 16.2. The highest BCUT2D eigenvalue weighted by Crippen LogP contribution is 2.08. The lowest BCUT2D eigenvalue weighted by Crippen LogP contribution is -2.40. The van der Waals surface area contributed by atoms with Gasteiger partial charge in [-0.05, 0) is 84.3 Å². The molecule has 0 aliphatic heterocycles. The van der Waals surface area contributed by atoms with Gasteiger partial charge in [0, 0.05) is 13.1 Å². The highest BCUT2D eigenvalue weighted by Gasteiger charge is 2.17. The molecule has 0 spiro atoms. The van der Waals surface area contributed by atoms with Crippen LogP contribution in [-0.4, -0.2) is 81.0 Å². The van der Waals surface area contributed by atoms with Gasteiger partial charge in [-0.1, -0.05) is 0 Å². The summed E-state index contributed by atoms with van der Waals surface area (Å²) in [5.41, 5.74) is 22.4. The highest BCUT2D eigenvalue weighted by molar-refractivity contribution is 5.57. The first-order chi connectivity index (χ1) is 11.7. The second-order valence-corrected chi connectivity index (χ2v) is 6.29. The average molecular weight is 345 g/mol. The monoisotopic (exact) mass is 344 g/mol. The van der Waals surface area contributed by atoms with Gasteiger partial charge in [0.2, 0.25) is 0 Å². The molecule has 1 unspecified atom stereocenters. The van der Waals surface area contributed by atoms with E-state index in [1.165, 1.54) is 0 Å². The van der Waals surface area contributed by atoms with Gasteiger partial charge in [-0.2, -0.15) is 0 Å². The van der Waals surface area contributed by atoms with Crippen molar-refractivity contribution in [2.75, 3.05) is 58.9 Å². The minimum Gasteiger partial charge on any atom is -0.330 e. The Morgan fingerprint density at radius 1 is 0.667 bits per heavy atom. The molecule has 1 atom stereocenters. The van der Waals surface area contributed by atoms with E-state index < -0.39 is 0 Å². The molecule has 7 nitrogen and oxygen atoms in total. The summed E-state index contributed by atoms with van der Waals surface area (Å²) >= 11 is 0. The summed E-state index contributed by atoms with van der Waals surface area (Å²) in [5, 5.41) is 0. The molecular formula is C17H40N6O. The van der Waals surface area contributed by atoms with E-state index in [-0.39, 0.29) is 6.04 Å². The largest absolute Gasteiger partial charge is 0.330 e. The minimum absolute atomic E-state index is 0.0334. The Morgan fingerprint density at radius 2 is 1.08 bits per heavy atom. The Hall–Kier alpha value is -0.570. The Morgan fingerprint density at radius 3 is 1.50 bits per heavy atom. The number of hydrogen-bond donors (Lipinski definition) is 4. The Bertz CT molecular complexity index is 264. The van der Waals surface area contributed by atoms with Crippen molar-refractivity contribution in [3.05, 3.63) is 0 Å². The fraction of sp³-hybridized carbons (Fsp3) is 0.941. The first kappa shape index (κ1) is 23.4. The van der Waals surface area contributed by atoms with Gasteiger partial charge in [-0.3, -0.25) is 4.90 Å². The predicted octanol–water partition coefficient (Wildman–Crippen LogP) is -0.667. The van der Waals surface area contributed by atoms with Crippen molar-refractivity contribution in [1.29, 1.82) is 0 Å².